The number of nitrogens with zero attached hydrogens (tertiary/aromatic N) is 3. The summed E-state index contributed by atoms with van der Waals surface area (Å²) in [4.78, 5) is 14.5. The lowest BCUT2D eigenvalue weighted by molar-refractivity contribution is 0.0755. The van der Waals surface area contributed by atoms with Crippen LogP contribution in [0, 0.1) is 5.41 Å². The van der Waals surface area contributed by atoms with Gasteiger partial charge in [-0.1, -0.05) is 39.3 Å². The largest absolute Gasteiger partial charge is 0.395 e. The van der Waals surface area contributed by atoms with Crippen molar-refractivity contribution in [2.75, 3.05) is 18.8 Å². The van der Waals surface area contributed by atoms with E-state index >= 15 is 0 Å². The zero-order chi connectivity index (χ0) is 15.8. The molecule has 2 heterocycles. The van der Waals surface area contributed by atoms with E-state index in [1.807, 2.05) is 11.8 Å². The third kappa shape index (κ3) is 2.96. The summed E-state index contributed by atoms with van der Waals surface area (Å²) in [6.07, 6.45) is 3.84. The van der Waals surface area contributed by atoms with Gasteiger partial charge in [-0.15, -0.1) is 0 Å². The summed E-state index contributed by atoms with van der Waals surface area (Å²) in [5, 5.41) is 4.33. The molecule has 1 aromatic heterocycles. The number of carbonyl (C=O) groups is 1. The zero-order valence-electron chi connectivity index (χ0n) is 13.7. The van der Waals surface area contributed by atoms with Gasteiger partial charge in [0.2, 0.25) is 0 Å². The normalized spacial score (nSPS) is 16.0. The molecule has 0 radical (unpaired) electrons. The van der Waals surface area contributed by atoms with E-state index in [4.69, 9.17) is 5.73 Å². The minimum Gasteiger partial charge on any atom is -0.395 e. The Hall–Kier alpha value is -1.78. The second kappa shape index (κ2) is 5.54. The predicted molar refractivity (Wildman–Crippen MR) is 85.1 cm³/mol. The molecule has 0 bridgehead atoms. The molecular weight excluding hydrogens is 264 g/mol. The van der Waals surface area contributed by atoms with Crippen LogP contribution in [0.3, 0.4) is 0 Å². The van der Waals surface area contributed by atoms with E-state index in [1.165, 1.54) is 5.57 Å². The van der Waals surface area contributed by atoms with E-state index in [2.05, 4.69) is 31.9 Å². The summed E-state index contributed by atoms with van der Waals surface area (Å²) in [6.45, 7) is 10.0. The van der Waals surface area contributed by atoms with Crippen LogP contribution in [0.1, 0.15) is 50.3 Å². The van der Waals surface area contributed by atoms with Crippen LogP contribution in [0.15, 0.2) is 11.6 Å². The van der Waals surface area contributed by atoms with Crippen molar-refractivity contribution < 1.29 is 4.79 Å². The molecule has 0 saturated heterocycles. The van der Waals surface area contributed by atoms with Crippen molar-refractivity contribution in [2.24, 2.45) is 12.5 Å². The number of nitrogen functional groups attached to an aromatic ring is 1. The Balaban J connectivity index is 2.20. The van der Waals surface area contributed by atoms with Gasteiger partial charge in [0.15, 0.2) is 0 Å². The number of hydrogen-bond donors (Lipinski definition) is 1. The maximum absolute atomic E-state index is 12.7. The predicted octanol–water partition coefficient (Wildman–Crippen LogP) is 2.38. The molecule has 1 aliphatic rings. The first-order valence-electron chi connectivity index (χ1n) is 7.55. The van der Waals surface area contributed by atoms with Crippen molar-refractivity contribution in [3.63, 3.8) is 0 Å². The van der Waals surface area contributed by atoms with E-state index in [0.717, 1.165) is 25.1 Å². The average Bonchev–Trinajstić information content (AvgIpc) is 2.72. The lowest BCUT2D eigenvalue weighted by Crippen LogP contribution is -2.37. The highest BCUT2D eigenvalue weighted by atomic mass is 16.2. The van der Waals surface area contributed by atoms with E-state index in [0.29, 0.717) is 17.9 Å². The Morgan fingerprint density at radius 2 is 2.10 bits per heavy atom. The summed E-state index contributed by atoms with van der Waals surface area (Å²) < 4.78 is 1.61. The molecule has 1 aliphatic heterocycles. The van der Waals surface area contributed by atoms with Crippen molar-refractivity contribution in [1.82, 2.24) is 14.7 Å². The van der Waals surface area contributed by atoms with Gasteiger partial charge in [-0.3, -0.25) is 9.48 Å². The van der Waals surface area contributed by atoms with Gasteiger partial charge in [-0.05, 0) is 18.3 Å². The average molecular weight is 290 g/mol. The third-order valence-corrected chi connectivity index (χ3v) is 4.16. The molecule has 0 unspecified atom stereocenters. The lowest BCUT2D eigenvalue weighted by Gasteiger charge is -2.32. The Morgan fingerprint density at radius 1 is 1.43 bits per heavy atom. The standard InChI is InChI=1S/C16H26N4O/c1-6-12-13(17)14(19(5)18-12)15(21)20-9-7-11(8-10-20)16(2,3)4/h7H,6,8-10,17H2,1-5H3. The number of amides is 1. The number of carbonyl (C=O) groups excluding carboxylic acids is 1. The number of nitrogens with two attached hydrogens (primary N) is 1. The van der Waals surface area contributed by atoms with Gasteiger partial charge in [-0.25, -0.2) is 0 Å². The summed E-state index contributed by atoms with van der Waals surface area (Å²) in [5.74, 6) is -0.0218. The summed E-state index contributed by atoms with van der Waals surface area (Å²) in [7, 11) is 1.78. The number of rotatable bonds is 2. The van der Waals surface area contributed by atoms with Crippen LogP contribution < -0.4 is 5.73 Å². The summed E-state index contributed by atoms with van der Waals surface area (Å²) in [6, 6.07) is 0. The summed E-state index contributed by atoms with van der Waals surface area (Å²) >= 11 is 0. The number of aromatic nitrogens is 2. The molecule has 0 aromatic carbocycles. The smallest absolute Gasteiger partial charge is 0.274 e. The third-order valence-electron chi connectivity index (χ3n) is 4.16. The Morgan fingerprint density at radius 3 is 2.52 bits per heavy atom. The van der Waals surface area contributed by atoms with Crippen molar-refractivity contribution in [1.29, 1.82) is 0 Å². The molecular formula is C16H26N4O. The highest BCUT2D eigenvalue weighted by Crippen LogP contribution is 2.30. The fourth-order valence-electron chi connectivity index (χ4n) is 2.80. The van der Waals surface area contributed by atoms with Crippen molar-refractivity contribution in [3.05, 3.63) is 23.0 Å². The first-order chi connectivity index (χ1) is 9.75. The minimum atomic E-state index is -0.0218. The molecule has 0 atom stereocenters. The Labute approximate surface area is 126 Å². The van der Waals surface area contributed by atoms with Gasteiger partial charge in [-0.2, -0.15) is 5.10 Å². The SMILES string of the molecule is CCc1nn(C)c(C(=O)N2CC=C(C(C)(C)C)CC2)c1N. The van der Waals surface area contributed by atoms with Gasteiger partial charge in [0.25, 0.3) is 5.91 Å². The minimum absolute atomic E-state index is 0.0218. The van der Waals surface area contributed by atoms with E-state index in [9.17, 15) is 4.79 Å². The molecule has 0 saturated carbocycles. The van der Waals surface area contributed by atoms with E-state index in [-0.39, 0.29) is 11.3 Å². The second-order valence-corrected chi connectivity index (χ2v) is 6.67. The zero-order valence-corrected chi connectivity index (χ0v) is 13.7. The maximum Gasteiger partial charge on any atom is 0.274 e. The van der Waals surface area contributed by atoms with Gasteiger partial charge >= 0.3 is 0 Å². The fraction of sp³-hybridized carbons (Fsp3) is 0.625. The van der Waals surface area contributed by atoms with Gasteiger partial charge in [0.05, 0.1) is 11.4 Å². The monoisotopic (exact) mass is 290 g/mol. The summed E-state index contributed by atoms with van der Waals surface area (Å²) in [5.41, 5.74) is 9.50. The van der Waals surface area contributed by atoms with Gasteiger partial charge in [0, 0.05) is 20.1 Å². The highest BCUT2D eigenvalue weighted by Gasteiger charge is 2.27. The first-order valence-corrected chi connectivity index (χ1v) is 7.55. The number of hydrogen-bond acceptors (Lipinski definition) is 3. The molecule has 1 aromatic rings. The van der Waals surface area contributed by atoms with Gasteiger partial charge < -0.3 is 10.6 Å². The van der Waals surface area contributed by atoms with Crippen LogP contribution in [0.2, 0.25) is 0 Å². The number of aryl methyl sites for hydroxylation is 2. The molecule has 21 heavy (non-hydrogen) atoms. The fourth-order valence-corrected chi connectivity index (χ4v) is 2.80. The van der Waals surface area contributed by atoms with Crippen LogP contribution >= 0.6 is 0 Å². The Kier molecular flexibility index (Phi) is 4.12. The quantitative estimate of drug-likeness (QED) is 0.851. The van der Waals surface area contributed by atoms with E-state index in [1.54, 1.807) is 11.7 Å². The van der Waals surface area contributed by atoms with Gasteiger partial charge in [0.1, 0.15) is 5.69 Å². The lowest BCUT2D eigenvalue weighted by atomic mass is 9.83. The van der Waals surface area contributed by atoms with Crippen molar-refractivity contribution in [2.45, 2.75) is 40.5 Å². The van der Waals surface area contributed by atoms with Crippen LogP contribution in [0.25, 0.3) is 0 Å². The van der Waals surface area contributed by atoms with Crippen molar-refractivity contribution in [3.8, 4) is 0 Å². The van der Waals surface area contributed by atoms with Crippen LogP contribution in [0.5, 0.6) is 0 Å². The number of anilines is 1. The maximum atomic E-state index is 12.7. The molecule has 1 amide bonds. The molecule has 2 rings (SSSR count). The topological polar surface area (TPSA) is 64.2 Å². The Bertz CT molecular complexity index is 578. The van der Waals surface area contributed by atoms with Crippen molar-refractivity contribution >= 4 is 11.6 Å². The van der Waals surface area contributed by atoms with Crippen LogP contribution in [-0.4, -0.2) is 33.7 Å². The molecule has 0 fully saturated rings. The molecule has 0 aliphatic carbocycles. The van der Waals surface area contributed by atoms with Crippen LogP contribution in [-0.2, 0) is 13.5 Å². The highest BCUT2D eigenvalue weighted by molar-refractivity contribution is 5.98. The molecule has 0 spiro atoms. The molecule has 5 nitrogen and oxygen atoms in total. The molecule has 5 heteroatoms. The first kappa shape index (κ1) is 15.6. The van der Waals surface area contributed by atoms with Crippen LogP contribution in [0.4, 0.5) is 5.69 Å². The molecule has 116 valence electrons. The second-order valence-electron chi connectivity index (χ2n) is 6.67. The van der Waals surface area contributed by atoms with E-state index < -0.39 is 0 Å². The molecule has 2 N–H and O–H groups in total.